The molecule has 0 saturated carbocycles. The lowest BCUT2D eigenvalue weighted by Gasteiger charge is -2.23. The fraction of sp³-hybridized carbons (Fsp3) is 0.429. The van der Waals surface area contributed by atoms with Crippen molar-refractivity contribution in [2.75, 3.05) is 0 Å². The first kappa shape index (κ1) is 6.36. The van der Waals surface area contributed by atoms with Crippen LogP contribution in [0.2, 0.25) is 0 Å². The summed E-state index contributed by atoms with van der Waals surface area (Å²) in [6, 6.07) is 0. The molecule has 1 aliphatic heterocycles. The summed E-state index contributed by atoms with van der Waals surface area (Å²) in [4.78, 5) is 0. The standard InChI is InChI=1S/C7H11NO/c1-6-3-4-8-7(2,9)5-6/h3-5,8-9H,1-2H3. The molecule has 0 fully saturated rings. The molecule has 0 aromatic carbocycles. The molecular weight excluding hydrogens is 114 g/mol. The Hall–Kier alpha value is -0.760. The van der Waals surface area contributed by atoms with Gasteiger partial charge in [0.1, 0.15) is 0 Å². The van der Waals surface area contributed by atoms with Gasteiger partial charge in [0, 0.05) is 0 Å². The zero-order valence-electron chi connectivity index (χ0n) is 5.68. The number of dihydropyridines is 1. The third kappa shape index (κ3) is 1.57. The van der Waals surface area contributed by atoms with Crippen LogP contribution in [0.3, 0.4) is 0 Å². The van der Waals surface area contributed by atoms with Crippen LogP contribution in [0, 0.1) is 0 Å². The Morgan fingerprint density at radius 3 is 2.67 bits per heavy atom. The first-order chi connectivity index (χ1) is 4.10. The first-order valence-corrected chi connectivity index (χ1v) is 2.96. The Labute approximate surface area is 54.9 Å². The highest BCUT2D eigenvalue weighted by molar-refractivity contribution is 5.23. The van der Waals surface area contributed by atoms with Crippen LogP contribution < -0.4 is 5.32 Å². The SMILES string of the molecule is CC1=CC(C)(O)NC=C1. The van der Waals surface area contributed by atoms with E-state index in [4.69, 9.17) is 0 Å². The summed E-state index contributed by atoms with van der Waals surface area (Å²) >= 11 is 0. The van der Waals surface area contributed by atoms with E-state index in [-0.39, 0.29) is 0 Å². The van der Waals surface area contributed by atoms with Crippen molar-refractivity contribution >= 4 is 0 Å². The van der Waals surface area contributed by atoms with Crippen LogP contribution in [0.25, 0.3) is 0 Å². The molecule has 1 rings (SSSR count). The highest BCUT2D eigenvalue weighted by Gasteiger charge is 2.15. The van der Waals surface area contributed by atoms with E-state index in [1.165, 1.54) is 0 Å². The molecule has 0 aromatic rings. The molecule has 2 N–H and O–H groups in total. The summed E-state index contributed by atoms with van der Waals surface area (Å²) in [6.07, 6.45) is 5.43. The van der Waals surface area contributed by atoms with Gasteiger partial charge in [-0.05, 0) is 37.8 Å². The zero-order valence-corrected chi connectivity index (χ0v) is 5.68. The first-order valence-electron chi connectivity index (χ1n) is 2.96. The largest absolute Gasteiger partial charge is 0.368 e. The van der Waals surface area contributed by atoms with Crippen molar-refractivity contribution in [1.29, 1.82) is 0 Å². The molecule has 9 heavy (non-hydrogen) atoms. The molecule has 0 bridgehead atoms. The highest BCUT2D eigenvalue weighted by Crippen LogP contribution is 2.10. The van der Waals surface area contributed by atoms with Gasteiger partial charge in [0.2, 0.25) is 0 Å². The minimum absolute atomic E-state index is 0.848. The van der Waals surface area contributed by atoms with Crippen molar-refractivity contribution in [3.8, 4) is 0 Å². The monoisotopic (exact) mass is 125 g/mol. The normalized spacial score (nSPS) is 33.4. The van der Waals surface area contributed by atoms with E-state index in [0.717, 1.165) is 5.57 Å². The third-order valence-electron chi connectivity index (χ3n) is 1.23. The molecule has 1 atom stereocenters. The molecule has 50 valence electrons. The smallest absolute Gasteiger partial charge is 0.152 e. The minimum atomic E-state index is -0.848. The minimum Gasteiger partial charge on any atom is -0.368 e. The number of aliphatic hydroxyl groups is 1. The summed E-state index contributed by atoms with van der Waals surface area (Å²) in [5, 5.41) is 12.1. The Kier molecular flexibility index (Phi) is 1.33. The van der Waals surface area contributed by atoms with Crippen LogP contribution in [0.1, 0.15) is 13.8 Å². The molecule has 0 spiro atoms. The van der Waals surface area contributed by atoms with Crippen molar-refractivity contribution in [1.82, 2.24) is 5.32 Å². The van der Waals surface area contributed by atoms with Crippen molar-refractivity contribution in [3.63, 3.8) is 0 Å². The molecule has 2 nitrogen and oxygen atoms in total. The van der Waals surface area contributed by atoms with Crippen LogP contribution in [0.15, 0.2) is 23.9 Å². The topological polar surface area (TPSA) is 32.3 Å². The van der Waals surface area contributed by atoms with Crippen molar-refractivity contribution in [3.05, 3.63) is 23.9 Å². The molecule has 0 saturated heterocycles. The maximum atomic E-state index is 9.31. The summed E-state index contributed by atoms with van der Waals surface area (Å²) in [6.45, 7) is 3.66. The lowest BCUT2D eigenvalue weighted by molar-refractivity contribution is 0.0873. The van der Waals surface area contributed by atoms with E-state index in [9.17, 15) is 5.11 Å². The van der Waals surface area contributed by atoms with Gasteiger partial charge in [-0.2, -0.15) is 0 Å². The summed E-state index contributed by atoms with van der Waals surface area (Å²) in [7, 11) is 0. The van der Waals surface area contributed by atoms with E-state index in [2.05, 4.69) is 5.32 Å². The van der Waals surface area contributed by atoms with Crippen molar-refractivity contribution < 1.29 is 5.11 Å². The molecule has 0 amide bonds. The van der Waals surface area contributed by atoms with Crippen LogP contribution in [-0.2, 0) is 0 Å². The quantitative estimate of drug-likeness (QED) is 0.501. The number of nitrogens with one attached hydrogen (secondary N) is 1. The summed E-state index contributed by atoms with van der Waals surface area (Å²) in [5.41, 5.74) is 0.234. The Balaban J connectivity index is 2.78. The predicted molar refractivity (Wildman–Crippen MR) is 36.7 cm³/mol. The maximum absolute atomic E-state index is 9.31. The molecule has 1 heterocycles. The Bertz CT molecular complexity index is 168. The molecule has 1 aliphatic rings. The third-order valence-corrected chi connectivity index (χ3v) is 1.23. The van der Waals surface area contributed by atoms with Crippen LogP contribution in [-0.4, -0.2) is 10.8 Å². The summed E-state index contributed by atoms with van der Waals surface area (Å²) < 4.78 is 0. The van der Waals surface area contributed by atoms with Gasteiger partial charge in [-0.1, -0.05) is 0 Å². The maximum Gasteiger partial charge on any atom is 0.152 e. The predicted octanol–water partition coefficient (Wildman–Crippen LogP) is 0.758. The van der Waals surface area contributed by atoms with Gasteiger partial charge in [-0.25, -0.2) is 0 Å². The van der Waals surface area contributed by atoms with E-state index in [1.807, 2.05) is 13.0 Å². The van der Waals surface area contributed by atoms with Gasteiger partial charge in [0.05, 0.1) is 0 Å². The van der Waals surface area contributed by atoms with Gasteiger partial charge in [-0.3, -0.25) is 0 Å². The van der Waals surface area contributed by atoms with Crippen LogP contribution in [0.5, 0.6) is 0 Å². The number of hydrogen-bond donors (Lipinski definition) is 2. The second-order valence-electron chi connectivity index (χ2n) is 2.51. The fourth-order valence-electron chi connectivity index (χ4n) is 0.875. The van der Waals surface area contributed by atoms with E-state index in [0.29, 0.717) is 0 Å². The lowest BCUT2D eigenvalue weighted by Crippen LogP contribution is -2.38. The number of hydrogen-bond acceptors (Lipinski definition) is 2. The lowest BCUT2D eigenvalue weighted by atomic mass is 10.1. The molecule has 0 aliphatic carbocycles. The zero-order chi connectivity index (χ0) is 6.91. The molecule has 2 heteroatoms. The second kappa shape index (κ2) is 1.88. The van der Waals surface area contributed by atoms with Gasteiger partial charge < -0.3 is 10.4 Å². The molecule has 0 radical (unpaired) electrons. The second-order valence-corrected chi connectivity index (χ2v) is 2.51. The molecule has 0 aromatic heterocycles. The van der Waals surface area contributed by atoms with Gasteiger partial charge in [-0.15, -0.1) is 0 Å². The molecular formula is C7H11NO. The van der Waals surface area contributed by atoms with Crippen molar-refractivity contribution in [2.24, 2.45) is 0 Å². The average molecular weight is 125 g/mol. The van der Waals surface area contributed by atoms with E-state index in [1.54, 1.807) is 19.2 Å². The summed E-state index contributed by atoms with van der Waals surface area (Å²) in [5.74, 6) is 0. The van der Waals surface area contributed by atoms with Gasteiger partial charge in [0.15, 0.2) is 5.72 Å². The highest BCUT2D eigenvalue weighted by atomic mass is 16.3. The van der Waals surface area contributed by atoms with Gasteiger partial charge >= 0.3 is 0 Å². The van der Waals surface area contributed by atoms with E-state index >= 15 is 0 Å². The number of allylic oxidation sites excluding steroid dienone is 2. The molecule has 1 unspecified atom stereocenters. The van der Waals surface area contributed by atoms with E-state index < -0.39 is 5.72 Å². The van der Waals surface area contributed by atoms with Gasteiger partial charge in [0.25, 0.3) is 0 Å². The van der Waals surface area contributed by atoms with Crippen molar-refractivity contribution in [2.45, 2.75) is 19.6 Å². The Morgan fingerprint density at radius 2 is 2.33 bits per heavy atom. The average Bonchev–Trinajstić information content (AvgIpc) is 1.60. The Morgan fingerprint density at radius 1 is 1.67 bits per heavy atom. The number of rotatable bonds is 0. The van der Waals surface area contributed by atoms with Crippen LogP contribution >= 0.6 is 0 Å². The fourth-order valence-corrected chi connectivity index (χ4v) is 0.875. The van der Waals surface area contributed by atoms with Crippen LogP contribution in [0.4, 0.5) is 0 Å².